The third-order valence-corrected chi connectivity index (χ3v) is 5.86. The molecule has 2 heterocycles. The number of imidazole rings is 1. The van der Waals surface area contributed by atoms with Gasteiger partial charge in [0.15, 0.2) is 5.92 Å². The number of para-hydroxylation sites is 2. The average Bonchev–Trinajstić information content (AvgIpc) is 3.17. The molecule has 172 valence electrons. The Morgan fingerprint density at radius 2 is 1.88 bits per heavy atom. The van der Waals surface area contributed by atoms with Crippen molar-refractivity contribution in [1.82, 2.24) is 9.55 Å². The van der Waals surface area contributed by atoms with Crippen molar-refractivity contribution in [3.05, 3.63) is 64.2 Å². The Bertz CT molecular complexity index is 1200. The van der Waals surface area contributed by atoms with Gasteiger partial charge in [0.25, 0.3) is 5.69 Å². The molecule has 3 aromatic rings. The van der Waals surface area contributed by atoms with Crippen LogP contribution in [0.4, 0.5) is 11.6 Å². The number of rotatable bonds is 7. The molecule has 0 spiro atoms. The van der Waals surface area contributed by atoms with Crippen LogP contribution in [-0.4, -0.2) is 39.5 Å². The first-order valence-electron chi connectivity index (χ1n) is 11.0. The zero-order valence-electron chi connectivity index (χ0n) is 18.8. The maximum atomic E-state index is 13.7. The van der Waals surface area contributed by atoms with E-state index in [-0.39, 0.29) is 18.2 Å². The van der Waals surface area contributed by atoms with Gasteiger partial charge in [-0.3, -0.25) is 24.6 Å². The summed E-state index contributed by atoms with van der Waals surface area (Å²) in [5, 5.41) is 11.2. The number of carbonyl (C=O) groups excluding carboxylic acids is 2. The van der Waals surface area contributed by atoms with E-state index >= 15 is 0 Å². The summed E-state index contributed by atoms with van der Waals surface area (Å²) in [4.78, 5) is 43.8. The molecule has 0 aliphatic carbocycles. The molecule has 9 nitrogen and oxygen atoms in total. The normalized spacial score (nSPS) is 17.9. The van der Waals surface area contributed by atoms with Crippen molar-refractivity contribution in [2.45, 2.75) is 33.2 Å². The molecule has 2 aromatic carbocycles. The molecule has 33 heavy (non-hydrogen) atoms. The molecule has 0 radical (unpaired) electrons. The Morgan fingerprint density at radius 1 is 1.18 bits per heavy atom. The average molecular weight is 450 g/mol. The van der Waals surface area contributed by atoms with Gasteiger partial charge in [-0.05, 0) is 37.0 Å². The number of non-ortho nitro benzene ring substituents is 1. The van der Waals surface area contributed by atoms with Crippen LogP contribution in [0.5, 0.6) is 0 Å². The zero-order valence-corrected chi connectivity index (χ0v) is 18.8. The van der Waals surface area contributed by atoms with E-state index in [2.05, 4.69) is 13.8 Å². The van der Waals surface area contributed by atoms with Crippen molar-refractivity contribution in [1.29, 1.82) is 0 Å². The van der Waals surface area contributed by atoms with Gasteiger partial charge in [-0.15, -0.1) is 0 Å². The van der Waals surface area contributed by atoms with Gasteiger partial charge < -0.3 is 9.30 Å². The number of esters is 1. The summed E-state index contributed by atoms with van der Waals surface area (Å²) in [5.41, 5.74) is 2.00. The lowest BCUT2D eigenvalue weighted by atomic mass is 9.89. The molecule has 0 unspecified atom stereocenters. The number of nitrogens with zero attached hydrogens (tertiary/aromatic N) is 4. The Balaban J connectivity index is 1.94. The molecule has 1 amide bonds. The minimum absolute atomic E-state index is 0.0668. The summed E-state index contributed by atoms with van der Waals surface area (Å²) in [5.74, 6) is -1.32. The highest BCUT2D eigenvalue weighted by molar-refractivity contribution is 6.08. The van der Waals surface area contributed by atoms with Crippen LogP contribution < -0.4 is 4.90 Å². The molecular formula is C24H26N4O5. The second kappa shape index (κ2) is 9.01. The van der Waals surface area contributed by atoms with Crippen molar-refractivity contribution in [3.8, 4) is 0 Å². The fourth-order valence-corrected chi connectivity index (χ4v) is 4.24. The SMILES string of the molecule is CCOC(=O)[C@H]1C(=O)N(CCC(C)C)c2nc3ccccc3n2[C@H]1c1ccc([N+](=O)[O-])cc1. The van der Waals surface area contributed by atoms with Crippen molar-refractivity contribution >= 4 is 34.5 Å². The maximum absolute atomic E-state index is 13.7. The first-order valence-corrected chi connectivity index (χ1v) is 11.0. The number of fused-ring (bicyclic) bond motifs is 3. The molecule has 4 rings (SSSR count). The molecule has 1 aliphatic rings. The number of benzene rings is 2. The van der Waals surface area contributed by atoms with Gasteiger partial charge in [-0.2, -0.15) is 0 Å². The number of amides is 1. The van der Waals surface area contributed by atoms with E-state index in [4.69, 9.17) is 9.72 Å². The lowest BCUT2D eigenvalue weighted by Crippen LogP contribution is -2.50. The summed E-state index contributed by atoms with van der Waals surface area (Å²) < 4.78 is 7.20. The van der Waals surface area contributed by atoms with Crippen molar-refractivity contribution in [2.24, 2.45) is 11.8 Å². The van der Waals surface area contributed by atoms with Crippen LogP contribution in [0, 0.1) is 22.0 Å². The minimum atomic E-state index is -1.14. The van der Waals surface area contributed by atoms with Crippen LogP contribution in [0.15, 0.2) is 48.5 Å². The standard InChI is InChI=1S/C24H26N4O5/c1-4-33-23(30)20-21(16-9-11-17(12-10-16)28(31)32)27-19-8-6-5-7-18(19)25-24(27)26(22(20)29)14-13-15(2)3/h5-12,15,20-21H,4,13-14H2,1-3H3/t20-,21+/m1/s1. The zero-order chi connectivity index (χ0) is 23.7. The number of nitro benzene ring substituents is 1. The van der Waals surface area contributed by atoms with Crippen molar-refractivity contribution < 1.29 is 19.2 Å². The number of hydrogen-bond donors (Lipinski definition) is 0. The van der Waals surface area contributed by atoms with Gasteiger partial charge >= 0.3 is 5.97 Å². The summed E-state index contributed by atoms with van der Waals surface area (Å²) in [6.07, 6.45) is 0.743. The second-order valence-corrected chi connectivity index (χ2v) is 8.47. The highest BCUT2D eigenvalue weighted by atomic mass is 16.6. The Kier molecular flexibility index (Phi) is 6.13. The molecule has 0 N–H and O–H groups in total. The van der Waals surface area contributed by atoms with Gasteiger partial charge in [0.1, 0.15) is 0 Å². The summed E-state index contributed by atoms with van der Waals surface area (Å²) in [7, 11) is 0. The Morgan fingerprint density at radius 3 is 2.52 bits per heavy atom. The summed E-state index contributed by atoms with van der Waals surface area (Å²) in [6.45, 7) is 6.39. The number of anilines is 1. The van der Waals surface area contributed by atoms with E-state index in [0.717, 1.165) is 11.9 Å². The number of hydrogen-bond acceptors (Lipinski definition) is 6. The highest BCUT2D eigenvalue weighted by Gasteiger charge is 2.47. The molecule has 2 atom stereocenters. The fourth-order valence-electron chi connectivity index (χ4n) is 4.24. The van der Waals surface area contributed by atoms with E-state index in [1.54, 1.807) is 24.0 Å². The van der Waals surface area contributed by atoms with E-state index in [0.29, 0.717) is 29.5 Å². The second-order valence-electron chi connectivity index (χ2n) is 8.47. The predicted molar refractivity (Wildman–Crippen MR) is 123 cm³/mol. The van der Waals surface area contributed by atoms with Crippen molar-refractivity contribution in [3.63, 3.8) is 0 Å². The van der Waals surface area contributed by atoms with Crippen LogP contribution >= 0.6 is 0 Å². The van der Waals surface area contributed by atoms with Gasteiger partial charge in [-0.1, -0.05) is 38.1 Å². The molecular weight excluding hydrogens is 424 g/mol. The number of carbonyl (C=O) groups is 2. The van der Waals surface area contributed by atoms with E-state index in [1.807, 2.05) is 28.8 Å². The number of aromatic nitrogens is 2. The summed E-state index contributed by atoms with van der Waals surface area (Å²) >= 11 is 0. The molecule has 1 aromatic heterocycles. The molecule has 9 heteroatoms. The predicted octanol–water partition coefficient (Wildman–Crippen LogP) is 4.11. The van der Waals surface area contributed by atoms with Crippen LogP contribution in [0.25, 0.3) is 11.0 Å². The third-order valence-electron chi connectivity index (χ3n) is 5.86. The van der Waals surface area contributed by atoms with Gasteiger partial charge in [0.2, 0.25) is 11.9 Å². The number of ether oxygens (including phenoxy) is 1. The highest BCUT2D eigenvalue weighted by Crippen LogP contribution is 2.41. The first-order chi connectivity index (χ1) is 15.8. The van der Waals surface area contributed by atoms with Crippen LogP contribution in [0.1, 0.15) is 38.8 Å². The van der Waals surface area contributed by atoms with Gasteiger partial charge in [0.05, 0.1) is 28.6 Å². The topological polar surface area (TPSA) is 108 Å². The van der Waals surface area contributed by atoms with Crippen LogP contribution in [-0.2, 0) is 14.3 Å². The molecule has 0 fully saturated rings. The summed E-state index contributed by atoms with van der Waals surface area (Å²) in [6, 6.07) is 12.7. The van der Waals surface area contributed by atoms with E-state index in [1.165, 1.54) is 12.1 Å². The molecule has 0 saturated heterocycles. The molecule has 0 bridgehead atoms. The molecule has 0 saturated carbocycles. The molecule has 1 aliphatic heterocycles. The maximum Gasteiger partial charge on any atom is 0.321 e. The van der Waals surface area contributed by atoms with Crippen LogP contribution in [0.3, 0.4) is 0 Å². The lowest BCUT2D eigenvalue weighted by molar-refractivity contribution is -0.384. The number of nitro groups is 1. The Hall–Kier alpha value is -3.75. The van der Waals surface area contributed by atoms with E-state index < -0.39 is 22.9 Å². The smallest absolute Gasteiger partial charge is 0.321 e. The largest absolute Gasteiger partial charge is 0.465 e. The third kappa shape index (κ3) is 4.06. The lowest BCUT2D eigenvalue weighted by Gasteiger charge is -2.38. The van der Waals surface area contributed by atoms with E-state index in [9.17, 15) is 19.7 Å². The minimum Gasteiger partial charge on any atom is -0.465 e. The fraction of sp³-hybridized carbons (Fsp3) is 0.375. The van der Waals surface area contributed by atoms with Gasteiger partial charge in [-0.25, -0.2) is 4.98 Å². The monoisotopic (exact) mass is 450 g/mol. The quantitative estimate of drug-likeness (QED) is 0.232. The van der Waals surface area contributed by atoms with Crippen molar-refractivity contribution in [2.75, 3.05) is 18.1 Å². The Labute approximate surface area is 191 Å². The van der Waals surface area contributed by atoms with Crippen LogP contribution in [0.2, 0.25) is 0 Å². The van der Waals surface area contributed by atoms with Gasteiger partial charge in [0, 0.05) is 18.7 Å². The first kappa shape index (κ1) is 22.4.